The summed E-state index contributed by atoms with van der Waals surface area (Å²) in [5.74, 6) is 0.556. The van der Waals surface area contributed by atoms with Crippen molar-refractivity contribution in [2.75, 3.05) is 26.8 Å². The Morgan fingerprint density at radius 2 is 2.18 bits per heavy atom. The maximum Gasteiger partial charge on any atom is 0.259 e. The summed E-state index contributed by atoms with van der Waals surface area (Å²) < 4.78 is 10.2. The number of nitrogens with zero attached hydrogens (tertiary/aromatic N) is 3. The largest absolute Gasteiger partial charge is 0.383 e. The molecule has 2 saturated heterocycles. The van der Waals surface area contributed by atoms with Gasteiger partial charge in [0, 0.05) is 26.6 Å². The predicted molar refractivity (Wildman–Crippen MR) is 77.4 cm³/mol. The molecular weight excluding hydrogens is 286 g/mol. The van der Waals surface area contributed by atoms with Gasteiger partial charge in [0.25, 0.3) is 5.91 Å². The summed E-state index contributed by atoms with van der Waals surface area (Å²) in [6.07, 6.45) is 1.21. The van der Waals surface area contributed by atoms with Crippen LogP contribution in [0.25, 0.3) is 0 Å². The fraction of sp³-hybridized carbons (Fsp3) is 0.667. The molecule has 2 atom stereocenters. The number of amides is 2. The Morgan fingerprint density at radius 3 is 2.82 bits per heavy atom. The molecule has 0 spiro atoms. The topological polar surface area (TPSA) is 75.9 Å². The molecule has 22 heavy (non-hydrogen) atoms. The molecule has 2 aliphatic heterocycles. The molecule has 0 aliphatic carbocycles. The number of ether oxygens (including phenoxy) is 1. The summed E-state index contributed by atoms with van der Waals surface area (Å²) in [6, 6.07) is 0.0534. The highest BCUT2D eigenvalue weighted by molar-refractivity contribution is 5.97. The van der Waals surface area contributed by atoms with Crippen LogP contribution in [0.3, 0.4) is 0 Å². The van der Waals surface area contributed by atoms with Crippen LogP contribution < -0.4 is 0 Å². The maximum atomic E-state index is 12.8. The van der Waals surface area contributed by atoms with Crippen molar-refractivity contribution in [1.29, 1.82) is 0 Å². The zero-order valence-corrected chi connectivity index (χ0v) is 13.2. The van der Waals surface area contributed by atoms with E-state index in [0.29, 0.717) is 43.1 Å². The van der Waals surface area contributed by atoms with Gasteiger partial charge in [-0.3, -0.25) is 9.59 Å². The van der Waals surface area contributed by atoms with Gasteiger partial charge in [0.1, 0.15) is 11.3 Å². The second-order valence-electron chi connectivity index (χ2n) is 5.91. The van der Waals surface area contributed by atoms with E-state index in [1.54, 1.807) is 21.0 Å². The highest BCUT2D eigenvalue weighted by Crippen LogP contribution is 2.33. The second kappa shape index (κ2) is 5.72. The number of aromatic nitrogens is 1. The van der Waals surface area contributed by atoms with Crippen LogP contribution in [-0.4, -0.2) is 65.7 Å². The third kappa shape index (κ3) is 2.29. The van der Waals surface area contributed by atoms with E-state index in [1.807, 2.05) is 9.80 Å². The minimum atomic E-state index is -0.0786. The van der Waals surface area contributed by atoms with Crippen molar-refractivity contribution in [3.8, 4) is 0 Å². The van der Waals surface area contributed by atoms with Crippen molar-refractivity contribution in [2.45, 2.75) is 38.8 Å². The molecule has 1 aromatic heterocycles. The van der Waals surface area contributed by atoms with Gasteiger partial charge >= 0.3 is 0 Å². The molecule has 2 unspecified atom stereocenters. The first kappa shape index (κ1) is 15.0. The average Bonchev–Trinajstić information content (AvgIpc) is 3.11. The number of carbonyl (C=O) groups excluding carboxylic acids is 2. The smallest absolute Gasteiger partial charge is 0.259 e. The standard InChI is InChI=1S/C15H21N3O4/c1-9-14(10(2)22-16-9)15(20)18-5-4-11-12(18)8-13(19)17(11)6-7-21-3/h11-12H,4-8H2,1-3H3. The summed E-state index contributed by atoms with van der Waals surface area (Å²) in [6.45, 7) is 5.28. The molecule has 2 fully saturated rings. The quantitative estimate of drug-likeness (QED) is 0.820. The molecule has 3 heterocycles. The Balaban J connectivity index is 1.78. The van der Waals surface area contributed by atoms with Gasteiger partial charge < -0.3 is 19.1 Å². The number of fused-ring (bicyclic) bond motifs is 1. The first-order valence-corrected chi connectivity index (χ1v) is 7.56. The lowest BCUT2D eigenvalue weighted by molar-refractivity contribution is -0.129. The van der Waals surface area contributed by atoms with Crippen LogP contribution in [0, 0.1) is 13.8 Å². The second-order valence-corrected chi connectivity index (χ2v) is 5.91. The Hall–Kier alpha value is -1.89. The molecule has 7 nitrogen and oxygen atoms in total. The normalized spacial score (nSPS) is 24.2. The summed E-state index contributed by atoms with van der Waals surface area (Å²) in [4.78, 5) is 28.6. The van der Waals surface area contributed by atoms with Crippen LogP contribution in [0.5, 0.6) is 0 Å². The summed E-state index contributed by atoms with van der Waals surface area (Å²) in [5.41, 5.74) is 1.13. The van der Waals surface area contributed by atoms with Gasteiger partial charge in [-0.1, -0.05) is 5.16 Å². The first-order valence-electron chi connectivity index (χ1n) is 7.56. The lowest BCUT2D eigenvalue weighted by Gasteiger charge is -2.25. The molecule has 0 N–H and O–H groups in total. The van der Waals surface area contributed by atoms with Crippen molar-refractivity contribution in [3.05, 3.63) is 17.0 Å². The minimum Gasteiger partial charge on any atom is -0.383 e. The molecule has 0 bridgehead atoms. The van der Waals surface area contributed by atoms with Crippen LogP contribution >= 0.6 is 0 Å². The molecule has 0 radical (unpaired) electrons. The van der Waals surface area contributed by atoms with Gasteiger partial charge in [-0.15, -0.1) is 0 Å². The highest BCUT2D eigenvalue weighted by atomic mass is 16.5. The molecular formula is C15H21N3O4. The van der Waals surface area contributed by atoms with Crippen molar-refractivity contribution >= 4 is 11.8 Å². The Labute approximate surface area is 129 Å². The Bertz CT molecular complexity index is 578. The number of hydrogen-bond acceptors (Lipinski definition) is 5. The van der Waals surface area contributed by atoms with E-state index < -0.39 is 0 Å². The zero-order chi connectivity index (χ0) is 15.9. The predicted octanol–water partition coefficient (Wildman–Crippen LogP) is 0.753. The molecule has 2 amide bonds. The number of methoxy groups -OCH3 is 1. The third-order valence-corrected chi connectivity index (χ3v) is 4.66. The SMILES string of the molecule is COCCN1C(=O)CC2C1CCN2C(=O)c1c(C)noc1C. The molecule has 3 rings (SSSR count). The van der Waals surface area contributed by atoms with Crippen LogP contribution in [0.1, 0.15) is 34.7 Å². The Kier molecular flexibility index (Phi) is 3.90. The van der Waals surface area contributed by atoms with Crippen LogP contribution in [0.2, 0.25) is 0 Å². The van der Waals surface area contributed by atoms with E-state index in [4.69, 9.17) is 9.26 Å². The van der Waals surface area contributed by atoms with E-state index in [0.717, 1.165) is 6.42 Å². The van der Waals surface area contributed by atoms with Gasteiger partial charge in [0.15, 0.2) is 0 Å². The van der Waals surface area contributed by atoms with Gasteiger partial charge in [0.2, 0.25) is 5.91 Å². The van der Waals surface area contributed by atoms with Gasteiger partial charge in [0.05, 0.1) is 24.4 Å². The van der Waals surface area contributed by atoms with Gasteiger partial charge in [-0.05, 0) is 20.3 Å². The first-order chi connectivity index (χ1) is 10.5. The van der Waals surface area contributed by atoms with Crippen LogP contribution in [-0.2, 0) is 9.53 Å². The van der Waals surface area contributed by atoms with Gasteiger partial charge in [-0.25, -0.2) is 0 Å². The number of hydrogen-bond donors (Lipinski definition) is 0. The van der Waals surface area contributed by atoms with Crippen molar-refractivity contribution in [2.24, 2.45) is 0 Å². The molecule has 7 heteroatoms. The van der Waals surface area contributed by atoms with Crippen LogP contribution in [0.4, 0.5) is 0 Å². The summed E-state index contributed by atoms with van der Waals surface area (Å²) in [7, 11) is 1.62. The number of rotatable bonds is 4. The Morgan fingerprint density at radius 1 is 1.41 bits per heavy atom. The number of aryl methyl sites for hydroxylation is 2. The van der Waals surface area contributed by atoms with E-state index >= 15 is 0 Å². The van der Waals surface area contributed by atoms with E-state index in [2.05, 4.69) is 5.16 Å². The maximum absolute atomic E-state index is 12.8. The third-order valence-electron chi connectivity index (χ3n) is 4.66. The number of likely N-dealkylation sites (tertiary alicyclic amines) is 2. The average molecular weight is 307 g/mol. The lowest BCUT2D eigenvalue weighted by atomic mass is 10.1. The van der Waals surface area contributed by atoms with Crippen molar-refractivity contribution in [1.82, 2.24) is 15.0 Å². The van der Waals surface area contributed by atoms with E-state index in [-0.39, 0.29) is 23.9 Å². The van der Waals surface area contributed by atoms with Gasteiger partial charge in [-0.2, -0.15) is 0 Å². The monoisotopic (exact) mass is 307 g/mol. The summed E-state index contributed by atoms with van der Waals surface area (Å²) >= 11 is 0. The van der Waals surface area contributed by atoms with Crippen molar-refractivity contribution in [3.63, 3.8) is 0 Å². The number of carbonyl (C=O) groups is 2. The fourth-order valence-corrected chi connectivity index (χ4v) is 3.59. The van der Waals surface area contributed by atoms with E-state index in [1.165, 1.54) is 0 Å². The minimum absolute atomic E-state index is 0.0504. The van der Waals surface area contributed by atoms with Crippen molar-refractivity contribution < 1.29 is 18.8 Å². The fourth-order valence-electron chi connectivity index (χ4n) is 3.59. The molecule has 1 aromatic rings. The molecule has 2 aliphatic rings. The van der Waals surface area contributed by atoms with E-state index in [9.17, 15) is 9.59 Å². The molecule has 120 valence electrons. The summed E-state index contributed by atoms with van der Waals surface area (Å²) in [5, 5.41) is 3.85. The molecule has 0 saturated carbocycles. The zero-order valence-electron chi connectivity index (χ0n) is 13.2. The highest BCUT2D eigenvalue weighted by Gasteiger charge is 2.48. The van der Waals surface area contributed by atoms with Crippen LogP contribution in [0.15, 0.2) is 4.52 Å². The lowest BCUT2D eigenvalue weighted by Crippen LogP contribution is -2.41. The molecule has 0 aromatic carbocycles.